The van der Waals surface area contributed by atoms with E-state index in [0.29, 0.717) is 0 Å². The highest BCUT2D eigenvalue weighted by molar-refractivity contribution is 5.80. The smallest absolute Gasteiger partial charge is 0.303 e. The first kappa shape index (κ1) is 19.4. The molecule has 15 heavy (non-hydrogen) atoms. The molecule has 0 rings (SSSR count). The normalized spacial score (nSPS) is 7.93. The summed E-state index contributed by atoms with van der Waals surface area (Å²) in [6.45, 7) is 4.99. The third-order valence-electron chi connectivity index (χ3n) is 1.29. The van der Waals surface area contributed by atoms with Crippen LogP contribution < -0.4 is 0 Å². The molecule has 0 aromatic heterocycles. The van der Waals surface area contributed by atoms with Gasteiger partial charge in [0.05, 0.1) is 6.42 Å². The molecular formula is C11H22O4. The lowest BCUT2D eigenvalue weighted by atomic mass is 10.2. The number of carbonyl (C=O) groups excluding carboxylic acids is 2. The fourth-order valence-electron chi connectivity index (χ4n) is 0.635. The molecule has 0 atom stereocenters. The van der Waals surface area contributed by atoms with E-state index in [2.05, 4.69) is 0 Å². The Kier molecular flexibility index (Phi) is 16.6. The van der Waals surface area contributed by atoms with Crippen molar-refractivity contribution in [1.82, 2.24) is 0 Å². The summed E-state index contributed by atoms with van der Waals surface area (Å²) in [6.07, 6.45) is 1.82. The zero-order valence-corrected chi connectivity index (χ0v) is 9.00. The monoisotopic (exact) mass is 218 g/mol. The molecule has 0 bridgehead atoms. The summed E-state index contributed by atoms with van der Waals surface area (Å²) in [5.41, 5.74) is 0. The van der Waals surface area contributed by atoms with E-state index in [1.165, 1.54) is 6.92 Å². The van der Waals surface area contributed by atoms with Crippen LogP contribution in [0.3, 0.4) is 0 Å². The van der Waals surface area contributed by atoms with Crippen molar-refractivity contribution < 1.29 is 19.5 Å². The van der Waals surface area contributed by atoms with Gasteiger partial charge >= 0.3 is 5.97 Å². The highest BCUT2D eigenvalue weighted by Gasteiger charge is 1.97. The van der Waals surface area contributed by atoms with Gasteiger partial charge in [-0.25, -0.2) is 0 Å². The molecule has 1 N–H and O–H groups in total. The van der Waals surface area contributed by atoms with Crippen molar-refractivity contribution in [3.63, 3.8) is 0 Å². The molecule has 0 spiro atoms. The van der Waals surface area contributed by atoms with Crippen molar-refractivity contribution in [2.45, 2.75) is 53.9 Å². The number of aliphatic carboxylic acids is 1. The number of ketones is 2. The van der Waals surface area contributed by atoms with E-state index in [9.17, 15) is 14.4 Å². The third-order valence-corrected chi connectivity index (χ3v) is 1.29. The summed E-state index contributed by atoms with van der Waals surface area (Å²) in [5, 5.41) is 8.01. The summed E-state index contributed by atoms with van der Waals surface area (Å²) in [7, 11) is 0. The van der Waals surface area contributed by atoms with Crippen LogP contribution in [-0.4, -0.2) is 22.6 Å². The molecule has 0 saturated heterocycles. The zero-order valence-electron chi connectivity index (χ0n) is 9.00. The third kappa shape index (κ3) is 32.3. The summed E-state index contributed by atoms with van der Waals surface area (Å²) in [6, 6.07) is 0. The van der Waals surface area contributed by atoms with E-state index in [0.717, 1.165) is 12.8 Å². The lowest BCUT2D eigenvalue weighted by molar-refractivity contribution is -0.138. The molecule has 0 aromatic rings. The molecule has 0 amide bonds. The second-order valence-corrected chi connectivity index (χ2v) is 3.05. The summed E-state index contributed by atoms with van der Waals surface area (Å²) in [5.74, 6) is -0.704. The molecule has 0 aliphatic carbocycles. The Hall–Kier alpha value is -1.19. The number of carbonyl (C=O) groups is 3. The predicted octanol–water partition coefficient (Wildman–Crippen LogP) is 2.45. The maximum Gasteiger partial charge on any atom is 0.303 e. The molecule has 0 heterocycles. The quantitative estimate of drug-likeness (QED) is 0.769. The van der Waals surface area contributed by atoms with Crippen LogP contribution in [0.15, 0.2) is 0 Å². The molecule has 0 aliphatic rings. The minimum atomic E-state index is -0.916. The molecule has 4 heteroatoms. The number of hydrogen-bond acceptors (Lipinski definition) is 3. The largest absolute Gasteiger partial charge is 0.481 e. The van der Waals surface area contributed by atoms with Gasteiger partial charge in [0, 0.05) is 12.8 Å². The molecule has 0 saturated carbocycles. The number of hydrogen-bond donors (Lipinski definition) is 1. The van der Waals surface area contributed by atoms with Crippen LogP contribution in [-0.2, 0) is 14.4 Å². The molecule has 0 unspecified atom stereocenters. The highest BCUT2D eigenvalue weighted by atomic mass is 16.4. The maximum atomic E-state index is 10.1. The Morgan fingerprint density at radius 1 is 0.933 bits per heavy atom. The van der Waals surface area contributed by atoms with E-state index in [-0.39, 0.29) is 31.8 Å². The van der Waals surface area contributed by atoms with Gasteiger partial charge in [0.1, 0.15) is 11.6 Å². The van der Waals surface area contributed by atoms with Gasteiger partial charge in [-0.15, -0.1) is 0 Å². The van der Waals surface area contributed by atoms with Crippen LogP contribution in [0.5, 0.6) is 0 Å². The van der Waals surface area contributed by atoms with E-state index in [1.807, 2.05) is 6.92 Å². The van der Waals surface area contributed by atoms with Gasteiger partial charge < -0.3 is 14.7 Å². The lowest BCUT2D eigenvalue weighted by Crippen LogP contribution is -1.98. The van der Waals surface area contributed by atoms with E-state index in [1.54, 1.807) is 6.92 Å². The SMILES string of the molecule is C.CC(=O)CCC(=O)O.CCCC(C)=O. The predicted molar refractivity (Wildman–Crippen MR) is 59.9 cm³/mol. The number of Topliss-reactive ketones (excluding diaryl/α,β-unsaturated/α-hetero) is 2. The van der Waals surface area contributed by atoms with Gasteiger partial charge in [-0.1, -0.05) is 14.4 Å². The van der Waals surface area contributed by atoms with Crippen molar-refractivity contribution in [3.8, 4) is 0 Å². The summed E-state index contributed by atoms with van der Waals surface area (Å²) >= 11 is 0. The average Bonchev–Trinajstić information content (AvgIpc) is 2.01. The van der Waals surface area contributed by atoms with Crippen molar-refractivity contribution in [2.24, 2.45) is 0 Å². The van der Waals surface area contributed by atoms with E-state index >= 15 is 0 Å². The Bertz CT molecular complexity index is 183. The fourth-order valence-corrected chi connectivity index (χ4v) is 0.635. The van der Waals surface area contributed by atoms with Crippen LogP contribution >= 0.6 is 0 Å². The highest BCUT2D eigenvalue weighted by Crippen LogP contribution is 1.87. The fraction of sp³-hybridized carbons (Fsp3) is 0.727. The first-order valence-electron chi connectivity index (χ1n) is 4.60. The second-order valence-electron chi connectivity index (χ2n) is 3.05. The first-order valence-corrected chi connectivity index (χ1v) is 4.60. The average molecular weight is 218 g/mol. The van der Waals surface area contributed by atoms with Gasteiger partial charge in [-0.3, -0.25) is 4.79 Å². The minimum absolute atomic E-state index is 0. The Balaban J connectivity index is -0.000000187. The Morgan fingerprint density at radius 2 is 1.33 bits per heavy atom. The molecule has 4 nitrogen and oxygen atoms in total. The van der Waals surface area contributed by atoms with Crippen LogP contribution in [0.2, 0.25) is 0 Å². The van der Waals surface area contributed by atoms with Crippen molar-refractivity contribution in [3.05, 3.63) is 0 Å². The van der Waals surface area contributed by atoms with E-state index < -0.39 is 5.97 Å². The minimum Gasteiger partial charge on any atom is -0.481 e. The molecule has 0 radical (unpaired) electrons. The van der Waals surface area contributed by atoms with Crippen molar-refractivity contribution in [2.75, 3.05) is 0 Å². The number of carboxylic acid groups (broad SMARTS) is 1. The van der Waals surface area contributed by atoms with Gasteiger partial charge in [0.2, 0.25) is 0 Å². The first-order chi connectivity index (χ1) is 6.40. The number of rotatable bonds is 5. The Labute approximate surface area is 91.7 Å². The van der Waals surface area contributed by atoms with Crippen molar-refractivity contribution in [1.29, 1.82) is 0 Å². The second kappa shape index (κ2) is 12.8. The van der Waals surface area contributed by atoms with Gasteiger partial charge in [-0.05, 0) is 20.3 Å². The van der Waals surface area contributed by atoms with Crippen LogP contribution in [0.4, 0.5) is 0 Å². The summed E-state index contributed by atoms with van der Waals surface area (Å²) in [4.78, 5) is 29.9. The molecule has 0 aromatic carbocycles. The Morgan fingerprint density at radius 3 is 1.40 bits per heavy atom. The van der Waals surface area contributed by atoms with Gasteiger partial charge in [0.25, 0.3) is 0 Å². The molecule has 0 fully saturated rings. The number of carboxylic acids is 1. The zero-order chi connectivity index (χ0) is 11.6. The van der Waals surface area contributed by atoms with Crippen LogP contribution in [0.1, 0.15) is 53.9 Å². The summed E-state index contributed by atoms with van der Waals surface area (Å²) < 4.78 is 0. The topological polar surface area (TPSA) is 71.4 Å². The van der Waals surface area contributed by atoms with Crippen LogP contribution in [0, 0.1) is 0 Å². The van der Waals surface area contributed by atoms with Gasteiger partial charge in [0.15, 0.2) is 0 Å². The molecule has 0 aliphatic heterocycles. The molecular weight excluding hydrogens is 196 g/mol. The maximum absolute atomic E-state index is 10.1. The lowest BCUT2D eigenvalue weighted by Gasteiger charge is -1.86. The van der Waals surface area contributed by atoms with Crippen LogP contribution in [0.25, 0.3) is 0 Å². The van der Waals surface area contributed by atoms with Gasteiger partial charge in [-0.2, -0.15) is 0 Å². The standard InChI is InChI=1S/C5H8O3.C5H10O.CH4/c1-4(6)2-3-5(7)8;1-3-4-5(2)6;/h2-3H2,1H3,(H,7,8);3-4H2,1-2H3;1H4. The molecule has 90 valence electrons. The van der Waals surface area contributed by atoms with Crippen molar-refractivity contribution >= 4 is 17.5 Å². The van der Waals surface area contributed by atoms with E-state index in [4.69, 9.17) is 5.11 Å².